The van der Waals surface area contributed by atoms with Crippen LogP contribution in [0.25, 0.3) is 33.0 Å². The smallest absolute Gasteiger partial charge is 0.0727 e. The molecule has 2 nitrogen and oxygen atoms in total. The molecule has 0 saturated heterocycles. The summed E-state index contributed by atoms with van der Waals surface area (Å²) < 4.78 is 0. The summed E-state index contributed by atoms with van der Waals surface area (Å²) in [5.41, 5.74) is 16.7. The van der Waals surface area contributed by atoms with Crippen LogP contribution in [0.1, 0.15) is 22.3 Å². The van der Waals surface area contributed by atoms with Crippen LogP contribution in [-0.2, 0) is 5.41 Å². The Bertz CT molecular complexity index is 2790. The number of hydrogen-bond donors (Lipinski definition) is 0. The summed E-state index contributed by atoms with van der Waals surface area (Å²) in [6.45, 7) is 0. The van der Waals surface area contributed by atoms with E-state index in [4.69, 9.17) is 0 Å². The topological polar surface area (TPSA) is 6.48 Å². The summed E-state index contributed by atoms with van der Waals surface area (Å²) in [7, 11) is 0. The molecule has 0 radical (unpaired) electrons. The minimum Gasteiger partial charge on any atom is -0.310 e. The molecule has 0 aliphatic heterocycles. The zero-order valence-corrected chi connectivity index (χ0v) is 30.2. The number of nitrogens with zero attached hydrogens (tertiary/aromatic N) is 2. The summed E-state index contributed by atoms with van der Waals surface area (Å²) in [5.74, 6) is 0. The second-order valence-corrected chi connectivity index (χ2v) is 14.4. The van der Waals surface area contributed by atoms with Crippen LogP contribution in [0, 0.1) is 0 Å². The zero-order valence-electron chi connectivity index (χ0n) is 30.2. The van der Waals surface area contributed by atoms with Gasteiger partial charge < -0.3 is 9.80 Å². The Morgan fingerprint density at radius 3 is 1.31 bits per heavy atom. The van der Waals surface area contributed by atoms with E-state index in [0.717, 1.165) is 22.7 Å². The van der Waals surface area contributed by atoms with Gasteiger partial charge in [0.1, 0.15) is 0 Å². The summed E-state index contributed by atoms with van der Waals surface area (Å²) in [6, 6.07) is 79.9. The predicted octanol–water partition coefficient (Wildman–Crippen LogP) is 14.1. The molecule has 258 valence electrons. The molecule has 0 N–H and O–H groups in total. The third-order valence-corrected chi connectivity index (χ3v) is 11.6. The molecule has 0 fully saturated rings. The second kappa shape index (κ2) is 12.5. The summed E-state index contributed by atoms with van der Waals surface area (Å²) in [5, 5.41) is 2.44. The molecule has 1 atom stereocenters. The van der Waals surface area contributed by atoms with E-state index in [-0.39, 0.29) is 0 Å². The largest absolute Gasteiger partial charge is 0.310 e. The molecule has 11 rings (SSSR count). The van der Waals surface area contributed by atoms with E-state index in [0.29, 0.717) is 0 Å². The predicted molar refractivity (Wildman–Crippen MR) is 230 cm³/mol. The monoisotopic (exact) mass is 700 g/mol. The highest BCUT2D eigenvalue weighted by atomic mass is 15.2. The van der Waals surface area contributed by atoms with Crippen molar-refractivity contribution in [1.82, 2.24) is 0 Å². The first-order chi connectivity index (χ1) is 27.3. The summed E-state index contributed by atoms with van der Waals surface area (Å²) >= 11 is 0. The number of rotatable bonds is 6. The third-order valence-electron chi connectivity index (χ3n) is 11.6. The average molecular weight is 701 g/mol. The van der Waals surface area contributed by atoms with E-state index in [1.807, 2.05) is 0 Å². The molecular formula is C53H36N2. The van der Waals surface area contributed by atoms with Gasteiger partial charge in [-0.2, -0.15) is 0 Å². The van der Waals surface area contributed by atoms with Gasteiger partial charge in [0.2, 0.25) is 0 Å². The number of fused-ring (bicyclic) bond motifs is 11. The minimum absolute atomic E-state index is 0.551. The fourth-order valence-electron chi connectivity index (χ4n) is 9.52. The molecule has 9 aromatic rings. The number of para-hydroxylation sites is 4. The van der Waals surface area contributed by atoms with Crippen LogP contribution in [0.2, 0.25) is 0 Å². The van der Waals surface area contributed by atoms with E-state index < -0.39 is 5.41 Å². The molecule has 1 unspecified atom stereocenters. The average Bonchev–Trinajstić information content (AvgIpc) is 3.73. The maximum atomic E-state index is 2.49. The lowest BCUT2D eigenvalue weighted by atomic mass is 9.70. The van der Waals surface area contributed by atoms with E-state index in [1.165, 1.54) is 66.7 Å². The van der Waals surface area contributed by atoms with Gasteiger partial charge in [0.25, 0.3) is 0 Å². The molecular weight excluding hydrogens is 665 g/mol. The van der Waals surface area contributed by atoms with Gasteiger partial charge in [-0.15, -0.1) is 0 Å². The Hall–Kier alpha value is -7.16. The number of anilines is 6. The van der Waals surface area contributed by atoms with Gasteiger partial charge in [-0.3, -0.25) is 0 Å². The van der Waals surface area contributed by atoms with E-state index in [2.05, 4.69) is 228 Å². The highest BCUT2D eigenvalue weighted by molar-refractivity contribution is 6.12. The maximum absolute atomic E-state index is 2.49. The van der Waals surface area contributed by atoms with Crippen molar-refractivity contribution >= 4 is 44.9 Å². The highest BCUT2D eigenvalue weighted by Gasteiger charge is 2.53. The first-order valence-electron chi connectivity index (χ1n) is 19.0. The van der Waals surface area contributed by atoms with Crippen LogP contribution in [-0.4, -0.2) is 0 Å². The fourth-order valence-corrected chi connectivity index (χ4v) is 9.52. The first-order valence-corrected chi connectivity index (χ1v) is 19.0. The first kappa shape index (κ1) is 31.4. The molecule has 2 aliphatic rings. The van der Waals surface area contributed by atoms with Crippen molar-refractivity contribution in [2.45, 2.75) is 5.41 Å². The van der Waals surface area contributed by atoms with Crippen molar-refractivity contribution in [2.24, 2.45) is 0 Å². The standard InChI is InChI=1S/C53H36N2/c1-5-21-38(22-6-1)54(39-23-7-2-8-24-39)49-35-19-34-47-50(49)43-30-15-17-32-45(43)53(47)46-33-18-16-31-44(46)51-48(53)36-37-20-13-14-29-42(37)52(51)55(40-25-9-3-10-26-40)41-27-11-4-12-28-41/h1-36H. The third kappa shape index (κ3) is 4.55. The van der Waals surface area contributed by atoms with Crippen LogP contribution in [0.4, 0.5) is 34.1 Å². The van der Waals surface area contributed by atoms with Gasteiger partial charge in [-0.25, -0.2) is 0 Å². The van der Waals surface area contributed by atoms with Crippen LogP contribution in [0.15, 0.2) is 218 Å². The zero-order chi connectivity index (χ0) is 36.3. The highest BCUT2D eigenvalue weighted by Crippen LogP contribution is 2.67. The summed E-state index contributed by atoms with van der Waals surface area (Å²) in [4.78, 5) is 4.90. The maximum Gasteiger partial charge on any atom is 0.0727 e. The van der Waals surface area contributed by atoms with Crippen molar-refractivity contribution in [1.29, 1.82) is 0 Å². The number of benzene rings is 9. The molecule has 2 heteroatoms. The molecule has 0 amide bonds. The van der Waals surface area contributed by atoms with Crippen molar-refractivity contribution in [3.8, 4) is 22.3 Å². The Morgan fingerprint density at radius 1 is 0.309 bits per heavy atom. The van der Waals surface area contributed by atoms with E-state index >= 15 is 0 Å². The van der Waals surface area contributed by atoms with Crippen LogP contribution < -0.4 is 9.80 Å². The van der Waals surface area contributed by atoms with Gasteiger partial charge in [-0.1, -0.05) is 158 Å². The second-order valence-electron chi connectivity index (χ2n) is 14.4. The van der Waals surface area contributed by atoms with Gasteiger partial charge in [0, 0.05) is 39.3 Å². The van der Waals surface area contributed by atoms with Crippen molar-refractivity contribution < 1.29 is 0 Å². The Kier molecular flexibility index (Phi) is 7.11. The Labute approximate surface area is 321 Å². The molecule has 0 saturated carbocycles. The molecule has 0 heterocycles. The Morgan fingerprint density at radius 2 is 0.745 bits per heavy atom. The van der Waals surface area contributed by atoms with Gasteiger partial charge in [-0.05, 0) is 99.4 Å². The SMILES string of the molecule is c1ccc(N(c2ccccc2)c2cccc3c2-c2ccccc2C32c3ccccc3-c3c2cc2ccccc2c3N(c2ccccc2)c2ccccc2)cc1. The van der Waals surface area contributed by atoms with Crippen LogP contribution in [0.5, 0.6) is 0 Å². The summed E-state index contributed by atoms with van der Waals surface area (Å²) in [6.07, 6.45) is 0. The molecule has 9 aromatic carbocycles. The van der Waals surface area contributed by atoms with Gasteiger partial charge in [0.05, 0.1) is 16.8 Å². The molecule has 55 heavy (non-hydrogen) atoms. The van der Waals surface area contributed by atoms with Gasteiger partial charge in [0.15, 0.2) is 0 Å². The molecule has 0 bridgehead atoms. The molecule has 1 spiro atoms. The molecule has 2 aliphatic carbocycles. The lowest BCUT2D eigenvalue weighted by Gasteiger charge is -2.33. The van der Waals surface area contributed by atoms with Crippen LogP contribution >= 0.6 is 0 Å². The Balaban J connectivity index is 1.29. The van der Waals surface area contributed by atoms with E-state index in [9.17, 15) is 0 Å². The van der Waals surface area contributed by atoms with Crippen LogP contribution in [0.3, 0.4) is 0 Å². The molecule has 0 aromatic heterocycles. The normalized spacial score (nSPS) is 14.6. The van der Waals surface area contributed by atoms with Crippen molar-refractivity contribution in [2.75, 3.05) is 9.80 Å². The van der Waals surface area contributed by atoms with Crippen molar-refractivity contribution in [3.05, 3.63) is 241 Å². The quantitative estimate of drug-likeness (QED) is 0.170. The minimum atomic E-state index is -0.551. The fraction of sp³-hybridized carbons (Fsp3) is 0.0189. The van der Waals surface area contributed by atoms with E-state index in [1.54, 1.807) is 0 Å². The van der Waals surface area contributed by atoms with Gasteiger partial charge >= 0.3 is 0 Å². The lowest BCUT2D eigenvalue weighted by Crippen LogP contribution is -2.26. The number of hydrogen-bond acceptors (Lipinski definition) is 2. The lowest BCUT2D eigenvalue weighted by molar-refractivity contribution is 0.795. The van der Waals surface area contributed by atoms with Crippen molar-refractivity contribution in [3.63, 3.8) is 0 Å².